The van der Waals surface area contributed by atoms with Gasteiger partial charge >= 0.3 is 0 Å². The summed E-state index contributed by atoms with van der Waals surface area (Å²) in [7, 11) is 0. The highest BCUT2D eigenvalue weighted by Gasteiger charge is 2.10. The molecule has 0 aromatic heterocycles. The van der Waals surface area contributed by atoms with Gasteiger partial charge in [-0.2, -0.15) is 0 Å². The molecule has 2 nitrogen and oxygen atoms in total. The van der Waals surface area contributed by atoms with Crippen LogP contribution >= 0.6 is 11.6 Å². The maximum Gasteiger partial charge on any atom is 0.163 e. The molecule has 0 aliphatic carbocycles. The molecule has 0 atom stereocenters. The van der Waals surface area contributed by atoms with E-state index in [1.165, 1.54) is 37.3 Å². The first kappa shape index (κ1) is 14.5. The molecule has 0 saturated carbocycles. The third-order valence-corrected chi connectivity index (χ3v) is 2.99. The number of hydrogen-bond acceptors (Lipinski definition) is 2. The second-order valence-corrected chi connectivity index (χ2v) is 4.64. The van der Waals surface area contributed by atoms with Crippen molar-refractivity contribution in [1.82, 2.24) is 0 Å². The number of Topliss-reactive ketones (excluding diaryl/α,β-unsaturated/α-hetero) is 1. The van der Waals surface area contributed by atoms with Gasteiger partial charge in [-0.25, -0.2) is 8.78 Å². The predicted octanol–water partition coefficient (Wildman–Crippen LogP) is 4.40. The summed E-state index contributed by atoms with van der Waals surface area (Å²) in [6, 6.07) is 7.85. The molecule has 0 heterocycles. The molecule has 0 saturated heterocycles. The molecular formula is C15H11ClF2O2. The van der Waals surface area contributed by atoms with Crippen LogP contribution in [0.4, 0.5) is 8.78 Å². The second kappa shape index (κ2) is 6.01. The summed E-state index contributed by atoms with van der Waals surface area (Å²) >= 11 is 5.66. The van der Waals surface area contributed by atoms with Crippen molar-refractivity contribution in [3.63, 3.8) is 0 Å². The Morgan fingerprint density at radius 2 is 1.95 bits per heavy atom. The lowest BCUT2D eigenvalue weighted by atomic mass is 10.1. The van der Waals surface area contributed by atoms with Crippen LogP contribution in [-0.4, -0.2) is 5.78 Å². The van der Waals surface area contributed by atoms with Crippen molar-refractivity contribution < 1.29 is 18.3 Å². The summed E-state index contributed by atoms with van der Waals surface area (Å²) in [6.07, 6.45) is 0. The van der Waals surface area contributed by atoms with Crippen molar-refractivity contribution in [1.29, 1.82) is 0 Å². The molecule has 20 heavy (non-hydrogen) atoms. The van der Waals surface area contributed by atoms with Crippen LogP contribution in [0.15, 0.2) is 36.4 Å². The Hall–Kier alpha value is -1.94. The molecule has 0 aliphatic rings. The summed E-state index contributed by atoms with van der Waals surface area (Å²) in [5.74, 6) is -1.09. The maximum absolute atomic E-state index is 13.2. The Kier molecular flexibility index (Phi) is 4.35. The average molecular weight is 297 g/mol. The van der Waals surface area contributed by atoms with Crippen molar-refractivity contribution in [3.8, 4) is 5.75 Å². The van der Waals surface area contributed by atoms with Crippen LogP contribution in [0.1, 0.15) is 22.8 Å². The molecular weight excluding hydrogens is 286 g/mol. The summed E-state index contributed by atoms with van der Waals surface area (Å²) in [4.78, 5) is 11.4. The minimum atomic E-state index is -0.523. The zero-order valence-corrected chi connectivity index (χ0v) is 11.4. The van der Waals surface area contributed by atoms with Crippen molar-refractivity contribution in [2.45, 2.75) is 13.5 Å². The molecule has 0 N–H and O–H groups in total. The lowest BCUT2D eigenvalue weighted by Gasteiger charge is -2.10. The van der Waals surface area contributed by atoms with Gasteiger partial charge in [0.2, 0.25) is 0 Å². The first-order chi connectivity index (χ1) is 9.47. The Balaban J connectivity index is 2.20. The molecule has 0 amide bonds. The number of ketones is 1. The SMILES string of the molecule is CC(=O)c1ccc(F)cc1OCc1ccc(F)c(Cl)c1. The monoisotopic (exact) mass is 296 g/mol. The zero-order chi connectivity index (χ0) is 14.7. The molecule has 0 aliphatic heterocycles. The van der Waals surface area contributed by atoms with Crippen molar-refractivity contribution in [2.24, 2.45) is 0 Å². The van der Waals surface area contributed by atoms with E-state index in [2.05, 4.69) is 0 Å². The standard InChI is InChI=1S/C15H11ClF2O2/c1-9(19)12-4-3-11(17)7-15(12)20-8-10-2-5-14(18)13(16)6-10/h2-7H,8H2,1H3. The van der Waals surface area contributed by atoms with Crippen LogP contribution in [0.5, 0.6) is 5.75 Å². The van der Waals surface area contributed by atoms with Gasteiger partial charge < -0.3 is 4.74 Å². The van der Waals surface area contributed by atoms with Crippen molar-refractivity contribution in [3.05, 3.63) is 64.2 Å². The molecule has 0 fully saturated rings. The molecule has 0 unspecified atom stereocenters. The number of benzene rings is 2. The molecule has 0 spiro atoms. The number of ether oxygens (including phenoxy) is 1. The van der Waals surface area contributed by atoms with E-state index in [1.54, 1.807) is 0 Å². The van der Waals surface area contributed by atoms with Crippen LogP contribution in [0.3, 0.4) is 0 Å². The summed E-state index contributed by atoms with van der Waals surface area (Å²) in [5, 5.41) is -0.0165. The quantitative estimate of drug-likeness (QED) is 0.782. The minimum absolute atomic E-state index is 0.0165. The fourth-order valence-electron chi connectivity index (χ4n) is 1.70. The topological polar surface area (TPSA) is 26.3 Å². The van der Waals surface area contributed by atoms with Crippen LogP contribution in [0.25, 0.3) is 0 Å². The Bertz CT molecular complexity index is 656. The van der Waals surface area contributed by atoms with E-state index in [1.807, 2.05) is 0 Å². The van der Waals surface area contributed by atoms with E-state index < -0.39 is 11.6 Å². The number of rotatable bonds is 4. The van der Waals surface area contributed by atoms with E-state index in [0.29, 0.717) is 11.1 Å². The van der Waals surface area contributed by atoms with E-state index in [0.717, 1.165) is 6.07 Å². The van der Waals surface area contributed by atoms with Crippen LogP contribution in [0, 0.1) is 11.6 Å². The number of halogens is 3. The van der Waals surface area contributed by atoms with Gasteiger partial charge in [0.05, 0.1) is 10.6 Å². The van der Waals surface area contributed by atoms with Crippen LogP contribution in [-0.2, 0) is 6.61 Å². The smallest absolute Gasteiger partial charge is 0.163 e. The van der Waals surface area contributed by atoms with Crippen molar-refractivity contribution in [2.75, 3.05) is 0 Å². The summed E-state index contributed by atoms with van der Waals surface area (Å²) < 4.78 is 31.6. The summed E-state index contributed by atoms with van der Waals surface area (Å²) in [5.41, 5.74) is 0.912. The first-order valence-corrected chi connectivity index (χ1v) is 6.22. The lowest BCUT2D eigenvalue weighted by Crippen LogP contribution is -2.02. The van der Waals surface area contributed by atoms with E-state index in [4.69, 9.17) is 16.3 Å². The molecule has 104 valence electrons. The number of carbonyl (C=O) groups is 1. The molecule has 0 bridgehead atoms. The maximum atomic E-state index is 13.2. The fourth-order valence-corrected chi connectivity index (χ4v) is 1.90. The van der Waals surface area contributed by atoms with Gasteiger partial charge in [0, 0.05) is 6.07 Å². The average Bonchev–Trinajstić information content (AvgIpc) is 2.40. The van der Waals surface area contributed by atoms with Gasteiger partial charge in [-0.3, -0.25) is 4.79 Å². The molecule has 0 radical (unpaired) electrons. The van der Waals surface area contributed by atoms with Gasteiger partial charge in [-0.15, -0.1) is 0 Å². The predicted molar refractivity (Wildman–Crippen MR) is 72.1 cm³/mol. The minimum Gasteiger partial charge on any atom is -0.488 e. The summed E-state index contributed by atoms with van der Waals surface area (Å²) in [6.45, 7) is 1.43. The number of hydrogen-bond donors (Lipinski definition) is 0. The van der Waals surface area contributed by atoms with E-state index in [-0.39, 0.29) is 23.2 Å². The van der Waals surface area contributed by atoms with Gasteiger partial charge in [-0.05, 0) is 36.8 Å². The van der Waals surface area contributed by atoms with Crippen molar-refractivity contribution >= 4 is 17.4 Å². The molecule has 2 aromatic carbocycles. The third-order valence-electron chi connectivity index (χ3n) is 2.70. The van der Waals surface area contributed by atoms with Crippen LogP contribution in [0.2, 0.25) is 5.02 Å². The third kappa shape index (κ3) is 3.33. The zero-order valence-electron chi connectivity index (χ0n) is 10.6. The highest BCUT2D eigenvalue weighted by Crippen LogP contribution is 2.23. The highest BCUT2D eigenvalue weighted by molar-refractivity contribution is 6.30. The second-order valence-electron chi connectivity index (χ2n) is 4.23. The van der Waals surface area contributed by atoms with E-state index in [9.17, 15) is 13.6 Å². The fraction of sp³-hybridized carbons (Fsp3) is 0.133. The van der Waals surface area contributed by atoms with Gasteiger partial charge in [0.25, 0.3) is 0 Å². The highest BCUT2D eigenvalue weighted by atomic mass is 35.5. The molecule has 2 aromatic rings. The largest absolute Gasteiger partial charge is 0.488 e. The lowest BCUT2D eigenvalue weighted by molar-refractivity contribution is 0.101. The van der Waals surface area contributed by atoms with Gasteiger partial charge in [0.1, 0.15) is 24.0 Å². The van der Waals surface area contributed by atoms with Gasteiger partial charge in [-0.1, -0.05) is 17.7 Å². The first-order valence-electron chi connectivity index (χ1n) is 5.84. The Morgan fingerprint density at radius 3 is 2.60 bits per heavy atom. The van der Waals surface area contributed by atoms with Gasteiger partial charge in [0.15, 0.2) is 5.78 Å². The molecule has 2 rings (SSSR count). The molecule has 5 heteroatoms. The van der Waals surface area contributed by atoms with Crippen LogP contribution < -0.4 is 4.74 Å². The van der Waals surface area contributed by atoms with E-state index >= 15 is 0 Å². The number of carbonyl (C=O) groups excluding carboxylic acids is 1. The Morgan fingerprint density at radius 1 is 1.20 bits per heavy atom. The Labute approximate surface area is 119 Å². The normalized spacial score (nSPS) is 10.4.